The number of rotatable bonds is 7. The van der Waals surface area contributed by atoms with Gasteiger partial charge >= 0.3 is 12.1 Å². The van der Waals surface area contributed by atoms with Crippen LogP contribution in [0.25, 0.3) is 6.08 Å². The lowest BCUT2D eigenvalue weighted by Crippen LogP contribution is -2.41. The first-order valence-corrected chi connectivity index (χ1v) is 14.6. The number of esters is 1. The first-order valence-electron chi connectivity index (χ1n) is 12.7. The number of carbonyl (C=O) groups is 1. The van der Waals surface area contributed by atoms with Crippen molar-refractivity contribution in [3.05, 3.63) is 129 Å². The van der Waals surface area contributed by atoms with Gasteiger partial charge < -0.3 is 9.47 Å². The van der Waals surface area contributed by atoms with E-state index in [0.29, 0.717) is 26.4 Å². The Kier molecular flexibility index (Phi) is 9.03. The third kappa shape index (κ3) is 6.67. The second-order valence-corrected chi connectivity index (χ2v) is 11.5. The van der Waals surface area contributed by atoms with E-state index in [0.717, 1.165) is 21.5 Å². The van der Waals surface area contributed by atoms with Crippen molar-refractivity contribution in [2.75, 3.05) is 6.61 Å². The molecule has 0 saturated carbocycles. The maximum absolute atomic E-state index is 14.2. The number of hydrogen-bond acceptors (Lipinski definition) is 6. The minimum Gasteiger partial charge on any atom is -0.489 e. The molecule has 6 nitrogen and oxygen atoms in total. The molecule has 1 aromatic heterocycles. The highest BCUT2D eigenvalue weighted by atomic mass is 35.5. The van der Waals surface area contributed by atoms with Crippen LogP contribution in [0, 0.1) is 0 Å². The van der Waals surface area contributed by atoms with Gasteiger partial charge in [0.1, 0.15) is 12.4 Å². The summed E-state index contributed by atoms with van der Waals surface area (Å²) in [5.74, 6) is -0.675. The first-order chi connectivity index (χ1) is 20.5. The highest BCUT2D eigenvalue weighted by Gasteiger charge is 2.45. The van der Waals surface area contributed by atoms with Crippen LogP contribution in [0.1, 0.15) is 29.7 Å². The first kappa shape index (κ1) is 30.9. The largest absolute Gasteiger partial charge is 0.489 e. The van der Waals surface area contributed by atoms with Crippen molar-refractivity contribution in [1.82, 2.24) is 4.57 Å². The molecule has 2 heterocycles. The molecule has 0 N–H and O–H groups in total. The topological polar surface area (TPSA) is 69.9 Å². The normalized spacial score (nSPS) is 15.2. The molecule has 3 aromatic carbocycles. The summed E-state index contributed by atoms with van der Waals surface area (Å²) in [6.45, 7) is 1.55. The number of aromatic nitrogens is 1. The summed E-state index contributed by atoms with van der Waals surface area (Å²) in [7, 11) is 0. The van der Waals surface area contributed by atoms with E-state index in [1.807, 2.05) is 0 Å². The zero-order valence-corrected chi connectivity index (χ0v) is 25.2. The van der Waals surface area contributed by atoms with E-state index in [1.54, 1.807) is 42.5 Å². The lowest BCUT2D eigenvalue weighted by molar-refractivity contribution is -0.140. The molecule has 0 fully saturated rings. The van der Waals surface area contributed by atoms with Crippen LogP contribution in [0.3, 0.4) is 0 Å². The average Bonchev–Trinajstić information content (AvgIpc) is 3.28. The van der Waals surface area contributed by atoms with Gasteiger partial charge in [-0.2, -0.15) is 13.2 Å². The zero-order chi connectivity index (χ0) is 30.9. The number of benzene rings is 3. The van der Waals surface area contributed by atoms with Gasteiger partial charge in [0.15, 0.2) is 10.5 Å². The van der Waals surface area contributed by atoms with Crippen LogP contribution in [0.15, 0.2) is 87.8 Å². The predicted octanol–water partition coefficient (Wildman–Crippen LogP) is 6.88. The minimum atomic E-state index is -4.99. The van der Waals surface area contributed by atoms with E-state index in [9.17, 15) is 22.8 Å². The van der Waals surface area contributed by atoms with Crippen LogP contribution in [0.2, 0.25) is 15.1 Å². The van der Waals surface area contributed by atoms with E-state index in [4.69, 9.17) is 44.3 Å². The van der Waals surface area contributed by atoms with Crippen molar-refractivity contribution in [3.63, 3.8) is 0 Å². The second kappa shape index (κ2) is 12.6. The Morgan fingerprint density at radius 3 is 2.35 bits per heavy atom. The summed E-state index contributed by atoms with van der Waals surface area (Å²) in [6, 6.07) is 16.4. The molecule has 0 spiro atoms. The van der Waals surface area contributed by atoms with Crippen LogP contribution in [-0.2, 0) is 16.1 Å². The number of alkyl halides is 3. The van der Waals surface area contributed by atoms with E-state index < -0.39 is 35.0 Å². The van der Waals surface area contributed by atoms with Gasteiger partial charge in [-0.15, -0.1) is 0 Å². The summed E-state index contributed by atoms with van der Waals surface area (Å²) >= 11 is 18.8. The summed E-state index contributed by atoms with van der Waals surface area (Å²) in [4.78, 5) is 30.1. The van der Waals surface area contributed by atoms with Gasteiger partial charge in [-0.05, 0) is 66.1 Å². The quantitative estimate of drug-likeness (QED) is 0.202. The lowest BCUT2D eigenvalue weighted by atomic mass is 9.95. The van der Waals surface area contributed by atoms with Crippen molar-refractivity contribution in [1.29, 1.82) is 0 Å². The maximum atomic E-state index is 14.2. The van der Waals surface area contributed by atoms with E-state index in [1.165, 1.54) is 37.3 Å². The van der Waals surface area contributed by atoms with Gasteiger partial charge in [-0.1, -0.05) is 76.5 Å². The van der Waals surface area contributed by atoms with Gasteiger partial charge in [-0.3, -0.25) is 9.36 Å². The van der Waals surface area contributed by atoms with Crippen molar-refractivity contribution in [3.8, 4) is 5.75 Å². The number of thiazole rings is 1. The fourth-order valence-electron chi connectivity index (χ4n) is 4.41. The van der Waals surface area contributed by atoms with Crippen molar-refractivity contribution in [2.24, 2.45) is 4.99 Å². The monoisotopic (exact) mass is 666 g/mol. The number of hydrogen-bond donors (Lipinski definition) is 0. The van der Waals surface area contributed by atoms with Crippen molar-refractivity contribution >= 4 is 58.2 Å². The molecular formula is C30H20Cl3F3N2O4S. The Morgan fingerprint density at radius 1 is 1.02 bits per heavy atom. The molecule has 1 aliphatic heterocycles. The summed E-state index contributed by atoms with van der Waals surface area (Å²) in [5.41, 5.74) is -1.17. The Bertz CT molecular complexity index is 1900. The fourth-order valence-corrected chi connectivity index (χ4v) is 5.86. The van der Waals surface area contributed by atoms with Gasteiger partial charge in [0.25, 0.3) is 5.56 Å². The molecule has 222 valence electrons. The predicted molar refractivity (Wildman–Crippen MR) is 159 cm³/mol. The van der Waals surface area contributed by atoms with Gasteiger partial charge in [0.05, 0.1) is 32.8 Å². The van der Waals surface area contributed by atoms with E-state index in [-0.39, 0.29) is 28.1 Å². The molecule has 1 atom stereocenters. The van der Waals surface area contributed by atoms with Crippen molar-refractivity contribution in [2.45, 2.75) is 25.7 Å². The van der Waals surface area contributed by atoms with Gasteiger partial charge in [0, 0.05) is 5.02 Å². The molecule has 5 rings (SSSR count). The third-order valence-corrected chi connectivity index (χ3v) is 8.32. The number of ether oxygens (including phenoxy) is 2. The number of allylic oxidation sites excluding steroid dienone is 1. The lowest BCUT2D eigenvalue weighted by Gasteiger charge is -2.26. The van der Waals surface area contributed by atoms with Crippen molar-refractivity contribution < 1.29 is 27.4 Å². The Morgan fingerprint density at radius 2 is 1.72 bits per heavy atom. The number of fused-ring (bicyclic) bond motifs is 1. The highest BCUT2D eigenvalue weighted by Crippen LogP contribution is 2.38. The van der Waals surface area contributed by atoms with Gasteiger partial charge in [0.2, 0.25) is 0 Å². The molecule has 0 aliphatic carbocycles. The minimum absolute atomic E-state index is 0.119. The van der Waals surface area contributed by atoms with Gasteiger partial charge in [-0.25, -0.2) is 9.79 Å². The van der Waals surface area contributed by atoms with Crippen LogP contribution >= 0.6 is 46.1 Å². The van der Waals surface area contributed by atoms with Crippen LogP contribution in [-0.4, -0.2) is 23.3 Å². The van der Waals surface area contributed by atoms with Crippen LogP contribution < -0.4 is 19.6 Å². The standard InChI is InChI=1S/C30H20Cl3F3N2O4S/c1-2-41-28(40)24-25(18-6-8-19(31)9-7-18)38-27(39)23(43-29(38)37-26(24)30(34,35)36)14-16-3-10-20(11-4-16)42-15-17-5-12-21(32)22(33)13-17/h3-14,25H,2,15H2,1H3/b23-14+/t25-/m0/s1. The number of nitrogens with zero attached hydrogens (tertiary/aromatic N) is 2. The maximum Gasteiger partial charge on any atom is 0.434 e. The molecule has 1 aliphatic rings. The number of halogens is 6. The molecule has 4 aromatic rings. The molecule has 0 saturated heterocycles. The SMILES string of the molecule is CCOC(=O)C1=C(C(F)(F)F)N=c2s/c(=C/c3ccc(OCc4ccc(Cl)c(Cl)c4)cc3)c(=O)n2[C@H]1c1ccc(Cl)cc1. The highest BCUT2D eigenvalue weighted by molar-refractivity contribution is 7.07. The zero-order valence-electron chi connectivity index (χ0n) is 22.1. The summed E-state index contributed by atoms with van der Waals surface area (Å²) < 4.78 is 54.7. The molecule has 0 amide bonds. The second-order valence-electron chi connectivity index (χ2n) is 9.22. The molecule has 43 heavy (non-hydrogen) atoms. The molecule has 0 unspecified atom stereocenters. The third-order valence-electron chi connectivity index (χ3n) is 6.35. The van der Waals surface area contributed by atoms with E-state index in [2.05, 4.69) is 4.99 Å². The molecule has 13 heteroatoms. The Labute approximate surface area is 261 Å². The fraction of sp³-hybridized carbons (Fsp3) is 0.167. The van der Waals surface area contributed by atoms with Crippen LogP contribution in [0.5, 0.6) is 5.75 Å². The average molecular weight is 668 g/mol. The number of carbonyl (C=O) groups excluding carboxylic acids is 1. The summed E-state index contributed by atoms with van der Waals surface area (Å²) in [5, 5.41) is 1.18. The van der Waals surface area contributed by atoms with Crippen LogP contribution in [0.4, 0.5) is 13.2 Å². The Balaban J connectivity index is 1.54. The Hall–Kier alpha value is -3.57. The summed E-state index contributed by atoms with van der Waals surface area (Å²) in [6.07, 6.45) is -3.46. The smallest absolute Gasteiger partial charge is 0.434 e. The van der Waals surface area contributed by atoms with E-state index >= 15 is 0 Å². The molecule has 0 radical (unpaired) electrons. The molecular weight excluding hydrogens is 648 g/mol. The molecule has 0 bridgehead atoms.